The molecule has 0 unspecified atom stereocenters. The third kappa shape index (κ3) is 8.12. The number of benzene rings is 1. The fraction of sp³-hybridized carbons (Fsp3) is 0.656. The van der Waals surface area contributed by atoms with E-state index < -0.39 is 89.5 Å². The number of alkyl halides is 2. The van der Waals surface area contributed by atoms with Gasteiger partial charge in [-0.15, -0.1) is 0 Å². The van der Waals surface area contributed by atoms with Crippen LogP contribution in [0.1, 0.15) is 85.8 Å². The number of Topliss-reactive ketones (excluding diaryl/α,β-unsaturated/α-hetero) is 1. The van der Waals surface area contributed by atoms with Crippen molar-refractivity contribution in [3.8, 4) is 0 Å². The summed E-state index contributed by atoms with van der Waals surface area (Å²) in [7, 11) is 0. The molecule has 0 spiro atoms. The second kappa shape index (κ2) is 14.0. The number of carbonyl (C=O) groups excluding carboxylic acids is 5. The summed E-state index contributed by atoms with van der Waals surface area (Å²) in [6, 6.07) is 4.87. The zero-order chi connectivity index (χ0) is 33.0. The van der Waals surface area contributed by atoms with Crippen LogP contribution in [0.5, 0.6) is 0 Å². The molecule has 10 nitrogen and oxygen atoms in total. The Balaban J connectivity index is 1.86. The first-order valence-corrected chi connectivity index (χ1v) is 15.3. The second-order valence-corrected chi connectivity index (χ2v) is 13.2. The van der Waals surface area contributed by atoms with Gasteiger partial charge >= 0.3 is 6.09 Å². The van der Waals surface area contributed by atoms with Crippen LogP contribution in [0.3, 0.4) is 0 Å². The van der Waals surface area contributed by atoms with E-state index in [9.17, 15) is 32.8 Å². The van der Waals surface area contributed by atoms with Gasteiger partial charge in [-0.2, -0.15) is 0 Å². The Bertz CT molecular complexity index is 1220. The zero-order valence-electron chi connectivity index (χ0n) is 26.6. The number of hydrogen-bond acceptors (Lipinski definition) is 6. The molecule has 1 saturated heterocycles. The minimum atomic E-state index is -3.09. The zero-order valence-corrected chi connectivity index (χ0v) is 26.6. The van der Waals surface area contributed by atoms with Gasteiger partial charge in [0.25, 0.3) is 11.8 Å². The van der Waals surface area contributed by atoms with E-state index in [0.29, 0.717) is 6.42 Å². The summed E-state index contributed by atoms with van der Waals surface area (Å²) in [5.74, 6) is -8.44. The second-order valence-electron chi connectivity index (χ2n) is 13.2. The molecular weight excluding hydrogens is 574 g/mol. The molecule has 4 amide bonds. The average Bonchev–Trinajstić information content (AvgIpc) is 3.47. The monoisotopic (exact) mass is 620 g/mol. The Labute approximate surface area is 258 Å². The van der Waals surface area contributed by atoms with E-state index in [-0.39, 0.29) is 19.4 Å². The van der Waals surface area contributed by atoms with E-state index in [1.807, 2.05) is 18.2 Å². The lowest BCUT2D eigenvalue weighted by atomic mass is 9.85. The van der Waals surface area contributed by atoms with Crippen molar-refractivity contribution in [2.24, 2.45) is 17.3 Å². The van der Waals surface area contributed by atoms with Gasteiger partial charge in [-0.25, -0.2) is 13.6 Å². The van der Waals surface area contributed by atoms with Gasteiger partial charge in [-0.3, -0.25) is 19.2 Å². The van der Waals surface area contributed by atoms with E-state index in [4.69, 9.17) is 4.74 Å². The molecule has 0 radical (unpaired) electrons. The predicted octanol–water partition coefficient (Wildman–Crippen LogP) is 4.14. The minimum absolute atomic E-state index is 0.00397. The Hall–Kier alpha value is -3.57. The Kier molecular flexibility index (Phi) is 11.1. The van der Waals surface area contributed by atoms with Gasteiger partial charge in [0.15, 0.2) is 0 Å². The van der Waals surface area contributed by atoms with Crippen molar-refractivity contribution < 1.29 is 37.5 Å². The average molecular weight is 621 g/mol. The van der Waals surface area contributed by atoms with Gasteiger partial charge in [0.05, 0.1) is 18.2 Å². The summed E-state index contributed by atoms with van der Waals surface area (Å²) in [5, 5.41) is 7.84. The highest BCUT2D eigenvalue weighted by atomic mass is 19.3. The number of fused-ring (bicyclic) bond motifs is 1. The van der Waals surface area contributed by atoms with Gasteiger partial charge < -0.3 is 25.6 Å². The number of ether oxygens (including phenoxy) is 1. The number of ketones is 1. The minimum Gasteiger partial charge on any atom is -0.447 e. The molecular formula is C32H46F2N4O6. The summed E-state index contributed by atoms with van der Waals surface area (Å²) >= 11 is 0. The van der Waals surface area contributed by atoms with Crippen molar-refractivity contribution in [3.63, 3.8) is 0 Å². The highest BCUT2D eigenvalue weighted by Gasteiger charge is 2.61. The summed E-state index contributed by atoms with van der Waals surface area (Å²) in [5.41, 5.74) is -0.0694. The van der Waals surface area contributed by atoms with Crippen LogP contribution in [0.2, 0.25) is 0 Å². The lowest BCUT2D eigenvalue weighted by Gasteiger charge is -2.36. The predicted molar refractivity (Wildman–Crippen MR) is 160 cm³/mol. The molecule has 0 aromatic heterocycles. The quantitative estimate of drug-likeness (QED) is 0.319. The molecule has 1 aliphatic heterocycles. The summed E-state index contributed by atoms with van der Waals surface area (Å²) < 4.78 is 35.1. The number of amides is 4. The Morgan fingerprint density at radius 2 is 1.66 bits per heavy atom. The fourth-order valence-corrected chi connectivity index (χ4v) is 6.07. The van der Waals surface area contributed by atoms with Gasteiger partial charge in [-0.05, 0) is 50.5 Å². The molecule has 244 valence electrons. The van der Waals surface area contributed by atoms with Gasteiger partial charge in [0.2, 0.25) is 17.6 Å². The van der Waals surface area contributed by atoms with Crippen LogP contribution >= 0.6 is 0 Å². The largest absolute Gasteiger partial charge is 0.447 e. The third-order valence-corrected chi connectivity index (χ3v) is 8.36. The van der Waals surface area contributed by atoms with Crippen LogP contribution < -0.4 is 16.0 Å². The topological polar surface area (TPSA) is 134 Å². The first kappa shape index (κ1) is 34.9. The SMILES string of the molecule is CCC[C@@H](NC(=O)[C@@H]1[C@H]2CCC(F)(F)[C@H]2CN1C(=O)[C@@H](NC(=O)OC(C)C)C(C)(C)C)C(=O)C(=O)N[C@@H](C)c1ccccc1. The highest BCUT2D eigenvalue weighted by Crippen LogP contribution is 2.51. The maximum atomic E-state index is 15.0. The van der Waals surface area contributed by atoms with Crippen molar-refractivity contribution in [2.75, 3.05) is 6.54 Å². The van der Waals surface area contributed by atoms with E-state index in [2.05, 4.69) is 16.0 Å². The molecule has 6 atom stereocenters. The van der Waals surface area contributed by atoms with Crippen molar-refractivity contribution in [3.05, 3.63) is 35.9 Å². The van der Waals surface area contributed by atoms with Crippen molar-refractivity contribution in [1.82, 2.24) is 20.9 Å². The van der Waals surface area contributed by atoms with Crippen LogP contribution in [0, 0.1) is 17.3 Å². The number of halogens is 2. The van der Waals surface area contributed by atoms with E-state index in [1.54, 1.807) is 60.6 Å². The molecule has 44 heavy (non-hydrogen) atoms. The number of hydrogen-bond donors (Lipinski definition) is 3. The maximum absolute atomic E-state index is 15.0. The van der Waals surface area contributed by atoms with Gasteiger partial charge in [0, 0.05) is 18.9 Å². The van der Waals surface area contributed by atoms with Crippen LogP contribution in [-0.4, -0.2) is 71.2 Å². The Morgan fingerprint density at radius 1 is 1.02 bits per heavy atom. The van der Waals surface area contributed by atoms with Crippen LogP contribution in [-0.2, 0) is 23.9 Å². The van der Waals surface area contributed by atoms with E-state index in [0.717, 1.165) is 10.5 Å². The van der Waals surface area contributed by atoms with Crippen molar-refractivity contribution in [2.45, 2.75) is 110 Å². The first-order valence-electron chi connectivity index (χ1n) is 15.3. The molecule has 2 aliphatic rings. The van der Waals surface area contributed by atoms with Gasteiger partial charge in [-0.1, -0.05) is 64.4 Å². The number of likely N-dealkylation sites (tertiary alicyclic amines) is 1. The van der Waals surface area contributed by atoms with Crippen molar-refractivity contribution >= 4 is 29.6 Å². The lowest BCUT2D eigenvalue weighted by Crippen LogP contribution is -2.60. The summed E-state index contributed by atoms with van der Waals surface area (Å²) in [4.78, 5) is 67.6. The molecule has 3 rings (SSSR count). The first-order chi connectivity index (χ1) is 20.5. The number of alkyl carbamates (subject to hydrolysis) is 1. The van der Waals surface area contributed by atoms with Gasteiger partial charge in [0.1, 0.15) is 12.1 Å². The fourth-order valence-electron chi connectivity index (χ4n) is 6.07. The highest BCUT2D eigenvalue weighted by molar-refractivity contribution is 6.38. The third-order valence-electron chi connectivity index (χ3n) is 8.36. The maximum Gasteiger partial charge on any atom is 0.408 e. The normalized spacial score (nSPS) is 22.9. The molecule has 1 saturated carbocycles. The standard InChI is InChI=1S/C32H46F2N4O6/c1-8-12-23(25(39)28(41)35-19(4)20-13-10-9-11-14-20)36-27(40)24-21-15-16-32(33,34)22(21)17-38(24)29(42)26(31(5,6)7)37-30(43)44-18(2)3/h9-11,13-14,18-19,21-24,26H,8,12,15-17H2,1-7H3,(H,35,41)(H,36,40)(H,37,43)/t19-,21-,22-,23+,24-,26+/m0/s1. The molecule has 1 aromatic carbocycles. The number of nitrogens with one attached hydrogen (secondary N) is 3. The number of nitrogens with zero attached hydrogens (tertiary/aromatic N) is 1. The Morgan fingerprint density at radius 3 is 2.23 bits per heavy atom. The number of rotatable bonds is 11. The van der Waals surface area contributed by atoms with Crippen molar-refractivity contribution in [1.29, 1.82) is 0 Å². The van der Waals surface area contributed by atoms with Crippen LogP contribution in [0.25, 0.3) is 0 Å². The van der Waals surface area contributed by atoms with E-state index >= 15 is 0 Å². The summed E-state index contributed by atoms with van der Waals surface area (Å²) in [6.45, 7) is 11.5. The lowest BCUT2D eigenvalue weighted by molar-refractivity contribution is -0.145. The molecule has 1 aliphatic carbocycles. The molecule has 12 heteroatoms. The van der Waals surface area contributed by atoms with Crippen LogP contribution in [0.4, 0.5) is 13.6 Å². The molecule has 1 heterocycles. The molecule has 2 fully saturated rings. The summed E-state index contributed by atoms with van der Waals surface area (Å²) in [6.07, 6.45) is -1.14. The smallest absolute Gasteiger partial charge is 0.408 e. The van der Waals surface area contributed by atoms with Crippen LogP contribution in [0.15, 0.2) is 30.3 Å². The molecule has 1 aromatic rings. The number of carbonyl (C=O) groups is 5. The molecule has 3 N–H and O–H groups in total. The van der Waals surface area contributed by atoms with E-state index in [1.165, 1.54) is 0 Å². The molecule has 0 bridgehead atoms.